The van der Waals surface area contributed by atoms with E-state index < -0.39 is 4.92 Å². The number of carbonyl (C=O) groups is 1. The van der Waals surface area contributed by atoms with Gasteiger partial charge in [-0.25, -0.2) is 0 Å². The summed E-state index contributed by atoms with van der Waals surface area (Å²) in [5.74, 6) is -0.371. The number of hydrogen-bond acceptors (Lipinski definition) is 4. The molecule has 3 aromatic carbocycles. The average molecular weight is 335 g/mol. The van der Waals surface area contributed by atoms with Crippen LogP contribution in [0.5, 0.6) is 0 Å². The van der Waals surface area contributed by atoms with Crippen molar-refractivity contribution in [2.75, 3.05) is 12.4 Å². The van der Waals surface area contributed by atoms with Crippen molar-refractivity contribution in [2.45, 2.75) is 6.54 Å². The quantitative estimate of drug-likeness (QED) is 0.550. The van der Waals surface area contributed by atoms with Gasteiger partial charge in [0.05, 0.1) is 10.5 Å². The molecular formula is C19H17N3O3. The maximum Gasteiger partial charge on any atom is 0.270 e. The van der Waals surface area contributed by atoms with Crippen LogP contribution in [0, 0.1) is 10.1 Å². The predicted octanol–water partition coefficient (Wildman–Crippen LogP) is 3.72. The molecule has 0 aromatic heterocycles. The van der Waals surface area contributed by atoms with E-state index in [-0.39, 0.29) is 17.2 Å². The van der Waals surface area contributed by atoms with Crippen molar-refractivity contribution in [3.8, 4) is 0 Å². The summed E-state index contributed by atoms with van der Waals surface area (Å²) in [5, 5.41) is 18.9. The molecule has 2 N–H and O–H groups in total. The lowest BCUT2D eigenvalue weighted by molar-refractivity contribution is -0.384. The number of nitrogens with zero attached hydrogens (tertiary/aromatic N) is 1. The number of amides is 1. The van der Waals surface area contributed by atoms with E-state index in [1.165, 1.54) is 19.2 Å². The molecule has 0 radical (unpaired) electrons. The van der Waals surface area contributed by atoms with E-state index in [1.807, 2.05) is 36.4 Å². The molecule has 0 aliphatic carbocycles. The number of carbonyl (C=O) groups excluding carboxylic acids is 1. The zero-order valence-corrected chi connectivity index (χ0v) is 13.7. The molecule has 3 rings (SSSR count). The fourth-order valence-electron chi connectivity index (χ4n) is 2.67. The number of anilines is 1. The lowest BCUT2D eigenvalue weighted by atomic mass is 10.1. The molecule has 6 nitrogen and oxygen atoms in total. The predicted molar refractivity (Wildman–Crippen MR) is 97.8 cm³/mol. The Kier molecular flexibility index (Phi) is 4.61. The first-order chi connectivity index (χ1) is 12.1. The molecule has 126 valence electrons. The average Bonchev–Trinajstić information content (AvgIpc) is 2.65. The molecule has 0 fully saturated rings. The monoisotopic (exact) mass is 335 g/mol. The highest BCUT2D eigenvalue weighted by atomic mass is 16.6. The SMILES string of the molecule is CNC(=O)c1cc([N+](=O)[O-])ccc1NCc1ccc2ccccc2c1. The van der Waals surface area contributed by atoms with Crippen molar-refractivity contribution < 1.29 is 9.72 Å². The number of benzene rings is 3. The van der Waals surface area contributed by atoms with E-state index in [9.17, 15) is 14.9 Å². The second-order valence-corrected chi connectivity index (χ2v) is 5.60. The zero-order chi connectivity index (χ0) is 17.8. The van der Waals surface area contributed by atoms with Crippen LogP contribution >= 0.6 is 0 Å². The summed E-state index contributed by atoms with van der Waals surface area (Å²) in [6.07, 6.45) is 0. The van der Waals surface area contributed by atoms with E-state index in [0.717, 1.165) is 16.3 Å². The van der Waals surface area contributed by atoms with Gasteiger partial charge in [0.15, 0.2) is 0 Å². The molecule has 0 unspecified atom stereocenters. The normalized spacial score (nSPS) is 10.4. The lowest BCUT2D eigenvalue weighted by Gasteiger charge is -2.12. The van der Waals surface area contributed by atoms with Crippen molar-refractivity contribution in [3.63, 3.8) is 0 Å². The van der Waals surface area contributed by atoms with Crippen LogP contribution in [0.1, 0.15) is 15.9 Å². The molecule has 0 heterocycles. The van der Waals surface area contributed by atoms with Gasteiger partial charge >= 0.3 is 0 Å². The molecule has 0 saturated heterocycles. The molecule has 0 aliphatic heterocycles. The number of rotatable bonds is 5. The van der Waals surface area contributed by atoms with Gasteiger partial charge in [0.25, 0.3) is 11.6 Å². The summed E-state index contributed by atoms with van der Waals surface area (Å²) in [4.78, 5) is 22.4. The van der Waals surface area contributed by atoms with Gasteiger partial charge in [-0.2, -0.15) is 0 Å². The van der Waals surface area contributed by atoms with Gasteiger partial charge in [0.2, 0.25) is 0 Å². The highest BCUT2D eigenvalue weighted by molar-refractivity contribution is 6.00. The zero-order valence-electron chi connectivity index (χ0n) is 13.7. The van der Waals surface area contributed by atoms with Crippen LogP contribution in [-0.4, -0.2) is 17.9 Å². The van der Waals surface area contributed by atoms with Crippen LogP contribution in [0.2, 0.25) is 0 Å². The second-order valence-electron chi connectivity index (χ2n) is 5.60. The van der Waals surface area contributed by atoms with Crippen LogP contribution in [0.3, 0.4) is 0 Å². The summed E-state index contributed by atoms with van der Waals surface area (Å²) in [6.45, 7) is 0.507. The van der Waals surface area contributed by atoms with Crippen molar-refractivity contribution >= 4 is 28.1 Å². The van der Waals surface area contributed by atoms with Crippen molar-refractivity contribution in [1.29, 1.82) is 0 Å². The number of hydrogen-bond donors (Lipinski definition) is 2. The van der Waals surface area contributed by atoms with E-state index in [1.54, 1.807) is 6.07 Å². The summed E-state index contributed by atoms with van der Waals surface area (Å²) < 4.78 is 0. The molecule has 0 bridgehead atoms. The van der Waals surface area contributed by atoms with Gasteiger partial charge in [-0.1, -0.05) is 36.4 Å². The Bertz CT molecular complexity index is 954. The minimum absolute atomic E-state index is 0.116. The van der Waals surface area contributed by atoms with Gasteiger partial charge in [-0.05, 0) is 28.5 Å². The van der Waals surface area contributed by atoms with Gasteiger partial charge in [0.1, 0.15) is 0 Å². The van der Waals surface area contributed by atoms with Gasteiger partial charge in [0, 0.05) is 31.4 Å². The first-order valence-corrected chi connectivity index (χ1v) is 7.80. The first kappa shape index (κ1) is 16.4. The standard InChI is InChI=1S/C19H17N3O3/c1-20-19(23)17-11-16(22(24)25)8-9-18(17)21-12-13-6-7-14-4-2-3-5-15(14)10-13/h2-11,21H,12H2,1H3,(H,20,23). The molecule has 0 atom stereocenters. The third-order valence-corrected chi connectivity index (χ3v) is 3.98. The molecule has 1 amide bonds. The van der Waals surface area contributed by atoms with Crippen molar-refractivity contribution in [1.82, 2.24) is 5.32 Å². The van der Waals surface area contributed by atoms with Crippen LogP contribution in [0.15, 0.2) is 60.7 Å². The van der Waals surface area contributed by atoms with E-state index in [0.29, 0.717) is 12.2 Å². The third-order valence-electron chi connectivity index (χ3n) is 3.98. The highest BCUT2D eigenvalue weighted by Crippen LogP contribution is 2.23. The number of nitro benzene ring substituents is 1. The Morgan fingerprint density at radius 2 is 1.80 bits per heavy atom. The van der Waals surface area contributed by atoms with E-state index in [4.69, 9.17) is 0 Å². The summed E-state index contributed by atoms with van der Waals surface area (Å²) in [5.41, 5.74) is 1.74. The number of fused-ring (bicyclic) bond motifs is 1. The maximum absolute atomic E-state index is 12.0. The summed E-state index contributed by atoms with van der Waals surface area (Å²) in [6, 6.07) is 18.4. The van der Waals surface area contributed by atoms with Crippen molar-refractivity contribution in [2.24, 2.45) is 0 Å². The minimum atomic E-state index is -0.514. The van der Waals surface area contributed by atoms with Crippen LogP contribution in [-0.2, 0) is 6.54 Å². The number of nitro groups is 1. The summed E-state index contributed by atoms with van der Waals surface area (Å²) in [7, 11) is 1.49. The topological polar surface area (TPSA) is 84.3 Å². The smallest absolute Gasteiger partial charge is 0.270 e. The molecule has 0 aliphatic rings. The van der Waals surface area contributed by atoms with Crippen LogP contribution < -0.4 is 10.6 Å². The van der Waals surface area contributed by atoms with Gasteiger partial charge in [-0.3, -0.25) is 14.9 Å². The maximum atomic E-state index is 12.0. The van der Waals surface area contributed by atoms with Gasteiger partial charge < -0.3 is 10.6 Å². The largest absolute Gasteiger partial charge is 0.380 e. The van der Waals surface area contributed by atoms with E-state index >= 15 is 0 Å². The molecular weight excluding hydrogens is 318 g/mol. The Morgan fingerprint density at radius 3 is 2.52 bits per heavy atom. The van der Waals surface area contributed by atoms with E-state index in [2.05, 4.69) is 16.7 Å². The van der Waals surface area contributed by atoms with Crippen LogP contribution in [0.4, 0.5) is 11.4 Å². The van der Waals surface area contributed by atoms with Gasteiger partial charge in [-0.15, -0.1) is 0 Å². The molecule has 25 heavy (non-hydrogen) atoms. The lowest BCUT2D eigenvalue weighted by Crippen LogP contribution is -2.20. The highest BCUT2D eigenvalue weighted by Gasteiger charge is 2.15. The van der Waals surface area contributed by atoms with Crippen molar-refractivity contribution in [3.05, 3.63) is 81.9 Å². The first-order valence-electron chi connectivity index (χ1n) is 7.80. The van der Waals surface area contributed by atoms with Crippen LogP contribution in [0.25, 0.3) is 10.8 Å². The number of nitrogens with one attached hydrogen (secondary N) is 2. The summed E-state index contributed by atoms with van der Waals surface area (Å²) >= 11 is 0. The third kappa shape index (κ3) is 3.58. The Labute approximate surface area is 144 Å². The number of non-ortho nitro benzene ring substituents is 1. The second kappa shape index (κ2) is 7.00. The Hall–Kier alpha value is -3.41. The fourth-order valence-corrected chi connectivity index (χ4v) is 2.67. The molecule has 6 heteroatoms. The Balaban J connectivity index is 1.86. The molecule has 3 aromatic rings. The Morgan fingerprint density at radius 1 is 1.04 bits per heavy atom. The molecule has 0 spiro atoms. The molecule has 0 saturated carbocycles. The minimum Gasteiger partial charge on any atom is -0.380 e. The fraction of sp³-hybridized carbons (Fsp3) is 0.105.